The molecule has 0 aliphatic heterocycles. The lowest BCUT2D eigenvalue weighted by Gasteiger charge is -2.12. The molecule has 0 aliphatic rings. The minimum atomic E-state index is -0.760. The zero-order valence-electron chi connectivity index (χ0n) is 5.89. The number of nitrogens with zero attached hydrogens (tertiary/aromatic N) is 2. The highest BCUT2D eigenvalue weighted by molar-refractivity contribution is 9.09. The van der Waals surface area contributed by atoms with Gasteiger partial charge in [-0.15, -0.1) is 0 Å². The number of nitriles is 2. The van der Waals surface area contributed by atoms with Crippen LogP contribution in [0, 0.1) is 28.1 Å². The lowest BCUT2D eigenvalue weighted by atomic mass is 9.86. The van der Waals surface area contributed by atoms with Crippen LogP contribution in [0.5, 0.6) is 0 Å². The van der Waals surface area contributed by atoms with Crippen molar-refractivity contribution < 1.29 is 0 Å². The number of hydrogen-bond donors (Lipinski definition) is 0. The van der Waals surface area contributed by atoms with E-state index in [1.807, 2.05) is 19.1 Å². The maximum Gasteiger partial charge on any atom is 0.144 e. The standard InChI is InChI=1S/C7H9BrN2/c1-2-7(5-9,6-10)3-4-8/h2-4H2,1H3. The van der Waals surface area contributed by atoms with Crippen molar-refractivity contribution >= 4 is 15.9 Å². The summed E-state index contributed by atoms with van der Waals surface area (Å²) in [6.07, 6.45) is 1.21. The molecule has 0 aromatic heterocycles. The zero-order valence-corrected chi connectivity index (χ0v) is 7.48. The van der Waals surface area contributed by atoms with E-state index >= 15 is 0 Å². The van der Waals surface area contributed by atoms with Crippen molar-refractivity contribution in [1.82, 2.24) is 0 Å². The van der Waals surface area contributed by atoms with Gasteiger partial charge < -0.3 is 0 Å². The van der Waals surface area contributed by atoms with Crippen LogP contribution in [0.1, 0.15) is 19.8 Å². The van der Waals surface area contributed by atoms with E-state index in [0.717, 1.165) is 0 Å². The summed E-state index contributed by atoms with van der Waals surface area (Å²) in [4.78, 5) is 0. The van der Waals surface area contributed by atoms with Gasteiger partial charge in [-0.05, 0) is 12.8 Å². The predicted octanol–water partition coefficient (Wildman–Crippen LogP) is 2.21. The van der Waals surface area contributed by atoms with Crippen molar-refractivity contribution in [1.29, 1.82) is 10.5 Å². The summed E-state index contributed by atoms with van der Waals surface area (Å²) in [7, 11) is 0. The highest BCUT2D eigenvalue weighted by Gasteiger charge is 2.26. The topological polar surface area (TPSA) is 47.6 Å². The summed E-state index contributed by atoms with van der Waals surface area (Å²) in [5.41, 5.74) is -0.760. The van der Waals surface area contributed by atoms with Crippen LogP contribution >= 0.6 is 15.9 Å². The van der Waals surface area contributed by atoms with E-state index in [1.165, 1.54) is 0 Å². The monoisotopic (exact) mass is 200 g/mol. The Morgan fingerprint density at radius 3 is 2.00 bits per heavy atom. The molecular formula is C7H9BrN2. The highest BCUT2D eigenvalue weighted by Crippen LogP contribution is 2.24. The second kappa shape index (κ2) is 4.30. The Hall–Kier alpha value is -0.540. The average Bonchev–Trinajstić information content (AvgIpc) is 2.01. The van der Waals surface area contributed by atoms with E-state index in [4.69, 9.17) is 10.5 Å². The van der Waals surface area contributed by atoms with E-state index in [1.54, 1.807) is 0 Å². The van der Waals surface area contributed by atoms with E-state index < -0.39 is 5.41 Å². The van der Waals surface area contributed by atoms with Crippen molar-refractivity contribution in [3.63, 3.8) is 0 Å². The van der Waals surface area contributed by atoms with Crippen LogP contribution < -0.4 is 0 Å². The van der Waals surface area contributed by atoms with Crippen LogP contribution in [0.4, 0.5) is 0 Å². The van der Waals surface area contributed by atoms with Gasteiger partial charge in [-0.1, -0.05) is 22.9 Å². The lowest BCUT2D eigenvalue weighted by molar-refractivity contribution is 0.490. The van der Waals surface area contributed by atoms with Crippen molar-refractivity contribution in [3.8, 4) is 12.1 Å². The highest BCUT2D eigenvalue weighted by atomic mass is 79.9. The molecule has 0 aromatic carbocycles. The van der Waals surface area contributed by atoms with Gasteiger partial charge in [0.1, 0.15) is 5.41 Å². The fourth-order valence-electron chi connectivity index (χ4n) is 0.633. The number of rotatable bonds is 3. The largest absolute Gasteiger partial charge is 0.197 e. The Kier molecular flexibility index (Phi) is 4.07. The first-order valence-corrected chi connectivity index (χ1v) is 4.25. The number of halogens is 1. The molecule has 0 spiro atoms. The number of alkyl halides is 1. The molecule has 2 nitrogen and oxygen atoms in total. The average molecular weight is 201 g/mol. The van der Waals surface area contributed by atoms with Crippen LogP contribution in [0.2, 0.25) is 0 Å². The fraction of sp³-hybridized carbons (Fsp3) is 0.714. The van der Waals surface area contributed by atoms with Crippen LogP contribution in [0.3, 0.4) is 0 Å². The third kappa shape index (κ3) is 2.01. The molecule has 0 bridgehead atoms. The van der Waals surface area contributed by atoms with Gasteiger partial charge >= 0.3 is 0 Å². The molecule has 54 valence electrons. The molecule has 0 atom stereocenters. The normalized spacial score (nSPS) is 10.0. The summed E-state index contributed by atoms with van der Waals surface area (Å²) < 4.78 is 0. The Labute approximate surface area is 69.6 Å². The quantitative estimate of drug-likeness (QED) is 0.657. The molecule has 0 heterocycles. The molecule has 0 saturated carbocycles. The third-order valence-corrected chi connectivity index (χ3v) is 1.95. The van der Waals surface area contributed by atoms with Crippen molar-refractivity contribution in [3.05, 3.63) is 0 Å². The second-order valence-electron chi connectivity index (χ2n) is 2.10. The Balaban J connectivity index is 4.24. The third-order valence-electron chi connectivity index (χ3n) is 1.55. The van der Waals surface area contributed by atoms with E-state index in [9.17, 15) is 0 Å². The molecule has 0 aromatic rings. The van der Waals surface area contributed by atoms with Gasteiger partial charge in [0.2, 0.25) is 0 Å². The fourth-order valence-corrected chi connectivity index (χ4v) is 1.31. The van der Waals surface area contributed by atoms with Crippen molar-refractivity contribution in [2.24, 2.45) is 5.41 Å². The summed E-state index contributed by atoms with van der Waals surface area (Å²) >= 11 is 3.21. The van der Waals surface area contributed by atoms with Crippen molar-refractivity contribution in [2.75, 3.05) is 5.33 Å². The van der Waals surface area contributed by atoms with Crippen LogP contribution in [0.25, 0.3) is 0 Å². The molecule has 10 heavy (non-hydrogen) atoms. The van der Waals surface area contributed by atoms with Crippen LogP contribution in [0.15, 0.2) is 0 Å². The van der Waals surface area contributed by atoms with Gasteiger partial charge in [-0.2, -0.15) is 10.5 Å². The van der Waals surface area contributed by atoms with Gasteiger partial charge in [-0.3, -0.25) is 0 Å². The first-order chi connectivity index (χ1) is 4.74. The molecule has 0 aliphatic carbocycles. The van der Waals surface area contributed by atoms with E-state index in [2.05, 4.69) is 15.9 Å². The molecule has 0 amide bonds. The molecule has 0 saturated heterocycles. The first kappa shape index (κ1) is 9.46. The molecule has 0 radical (unpaired) electrons. The van der Waals surface area contributed by atoms with Crippen LogP contribution in [-0.4, -0.2) is 5.33 Å². The van der Waals surface area contributed by atoms with Gasteiger partial charge in [0.15, 0.2) is 0 Å². The Morgan fingerprint density at radius 1 is 1.40 bits per heavy atom. The molecule has 3 heteroatoms. The van der Waals surface area contributed by atoms with Crippen molar-refractivity contribution in [2.45, 2.75) is 19.8 Å². The van der Waals surface area contributed by atoms with Gasteiger partial charge in [-0.25, -0.2) is 0 Å². The summed E-state index contributed by atoms with van der Waals surface area (Å²) in [5, 5.41) is 17.9. The SMILES string of the molecule is CCC(C#N)(C#N)CCBr. The molecule has 0 fully saturated rings. The Morgan fingerprint density at radius 2 is 1.90 bits per heavy atom. The lowest BCUT2D eigenvalue weighted by Crippen LogP contribution is -2.14. The smallest absolute Gasteiger partial charge is 0.144 e. The molecule has 0 unspecified atom stereocenters. The minimum absolute atomic E-state index is 0.603. The first-order valence-electron chi connectivity index (χ1n) is 3.13. The van der Waals surface area contributed by atoms with E-state index in [-0.39, 0.29) is 0 Å². The molecule has 0 rings (SSSR count). The zero-order chi connectivity index (χ0) is 8.04. The molecular weight excluding hydrogens is 192 g/mol. The summed E-state index contributed by atoms with van der Waals surface area (Å²) in [5.74, 6) is 0. The number of hydrogen-bond acceptors (Lipinski definition) is 2. The van der Waals surface area contributed by atoms with Gasteiger partial charge in [0.05, 0.1) is 12.1 Å². The maximum absolute atomic E-state index is 8.61. The second-order valence-corrected chi connectivity index (χ2v) is 2.89. The predicted molar refractivity (Wildman–Crippen MR) is 42.4 cm³/mol. The minimum Gasteiger partial charge on any atom is -0.197 e. The summed E-state index contributed by atoms with van der Waals surface area (Å²) in [6.45, 7) is 1.86. The van der Waals surface area contributed by atoms with Gasteiger partial charge in [0.25, 0.3) is 0 Å². The van der Waals surface area contributed by atoms with Gasteiger partial charge in [0, 0.05) is 5.33 Å². The molecule has 0 N–H and O–H groups in total. The van der Waals surface area contributed by atoms with E-state index in [0.29, 0.717) is 18.2 Å². The van der Waals surface area contributed by atoms with Crippen LogP contribution in [-0.2, 0) is 0 Å². The Bertz CT molecular complexity index is 161. The summed E-state index contributed by atoms with van der Waals surface area (Å²) in [6, 6.07) is 4.05. The maximum atomic E-state index is 8.61.